The van der Waals surface area contributed by atoms with Crippen LogP contribution in [0, 0.1) is 0 Å². The van der Waals surface area contributed by atoms with Crippen LogP contribution in [0.2, 0.25) is 0 Å². The van der Waals surface area contributed by atoms with Gasteiger partial charge in [0, 0.05) is 38.3 Å². The third-order valence-corrected chi connectivity index (χ3v) is 7.93. The lowest BCUT2D eigenvalue weighted by atomic mass is 10.1. The number of morpholine rings is 1. The van der Waals surface area contributed by atoms with Gasteiger partial charge in [-0.25, -0.2) is 0 Å². The van der Waals surface area contributed by atoms with Crippen LogP contribution in [0.5, 0.6) is 28.7 Å². The number of methoxy groups -OCH3 is 5. The van der Waals surface area contributed by atoms with Gasteiger partial charge in [0.15, 0.2) is 23.0 Å². The van der Waals surface area contributed by atoms with Crippen molar-refractivity contribution in [1.82, 2.24) is 14.7 Å². The van der Waals surface area contributed by atoms with Gasteiger partial charge in [-0.15, -0.1) is 0 Å². The molecule has 0 unspecified atom stereocenters. The minimum Gasteiger partial charge on any atom is -0.493 e. The maximum atomic E-state index is 14.1. The van der Waals surface area contributed by atoms with Crippen molar-refractivity contribution in [3.63, 3.8) is 0 Å². The number of hydrogen-bond acceptors (Lipinski definition) is 10. The first-order valence-corrected chi connectivity index (χ1v) is 15.3. The third-order valence-electron chi connectivity index (χ3n) is 7.93. The predicted octanol–water partition coefficient (Wildman–Crippen LogP) is 3.76. The van der Waals surface area contributed by atoms with Crippen molar-refractivity contribution < 1.29 is 42.4 Å². The topological polar surface area (TPSA) is 112 Å². The van der Waals surface area contributed by atoms with E-state index in [1.807, 2.05) is 24.3 Å². The van der Waals surface area contributed by atoms with Crippen molar-refractivity contribution >= 4 is 11.8 Å². The van der Waals surface area contributed by atoms with E-state index in [0.717, 1.165) is 25.2 Å². The highest BCUT2D eigenvalue weighted by atomic mass is 16.5. The van der Waals surface area contributed by atoms with E-state index in [9.17, 15) is 9.59 Å². The fraction of sp³-hybridized carbons (Fsp3) is 0.471. The number of furan rings is 1. The van der Waals surface area contributed by atoms with E-state index in [1.54, 1.807) is 48.5 Å². The molecule has 0 bridgehead atoms. The van der Waals surface area contributed by atoms with Crippen molar-refractivity contribution in [1.29, 1.82) is 0 Å². The normalized spacial score (nSPS) is 13.2. The first-order chi connectivity index (χ1) is 22.4. The third kappa shape index (κ3) is 9.07. The van der Waals surface area contributed by atoms with E-state index in [4.69, 9.17) is 32.8 Å². The smallest absolute Gasteiger partial charge is 0.254 e. The SMILES string of the molecule is COc1ccc(CCN(Cc2ccco2)C(=O)CN(CCCN2CCOCC2)C(=O)c2cc(OC)c(OC)c(OC)c2)cc1OC. The van der Waals surface area contributed by atoms with E-state index < -0.39 is 0 Å². The number of carbonyl (C=O) groups is 2. The minimum absolute atomic E-state index is 0.120. The van der Waals surface area contributed by atoms with Gasteiger partial charge in [-0.3, -0.25) is 14.5 Å². The van der Waals surface area contributed by atoms with Crippen LogP contribution in [0.15, 0.2) is 53.1 Å². The van der Waals surface area contributed by atoms with Gasteiger partial charge < -0.3 is 42.6 Å². The van der Waals surface area contributed by atoms with Crippen LogP contribution in [-0.2, 0) is 22.5 Å². The van der Waals surface area contributed by atoms with Gasteiger partial charge in [-0.05, 0) is 54.8 Å². The van der Waals surface area contributed by atoms with E-state index in [0.29, 0.717) is 79.2 Å². The second-order valence-corrected chi connectivity index (χ2v) is 10.8. The Labute approximate surface area is 270 Å². The molecule has 1 aliphatic heterocycles. The fourth-order valence-electron chi connectivity index (χ4n) is 5.40. The number of carbonyl (C=O) groups excluding carboxylic acids is 2. The quantitative estimate of drug-likeness (QED) is 0.217. The molecule has 3 aromatic rings. The lowest BCUT2D eigenvalue weighted by molar-refractivity contribution is -0.132. The van der Waals surface area contributed by atoms with Crippen LogP contribution in [0.3, 0.4) is 0 Å². The Hall–Kier alpha value is -4.42. The lowest BCUT2D eigenvalue weighted by Gasteiger charge is -2.30. The molecule has 0 saturated carbocycles. The molecule has 250 valence electrons. The summed E-state index contributed by atoms with van der Waals surface area (Å²) in [7, 11) is 7.69. The number of amides is 2. The Kier molecular flexibility index (Phi) is 13.0. The second-order valence-electron chi connectivity index (χ2n) is 10.8. The number of ether oxygens (including phenoxy) is 6. The maximum absolute atomic E-state index is 14.1. The van der Waals surface area contributed by atoms with Crippen LogP contribution in [-0.4, -0.2) is 115 Å². The summed E-state index contributed by atoms with van der Waals surface area (Å²) in [6.07, 6.45) is 2.83. The fourth-order valence-corrected chi connectivity index (χ4v) is 5.40. The Balaban J connectivity index is 1.56. The van der Waals surface area contributed by atoms with Gasteiger partial charge in [-0.2, -0.15) is 0 Å². The van der Waals surface area contributed by atoms with Gasteiger partial charge >= 0.3 is 0 Å². The number of rotatable bonds is 17. The second kappa shape index (κ2) is 17.3. The average Bonchev–Trinajstić information content (AvgIpc) is 3.62. The summed E-state index contributed by atoms with van der Waals surface area (Å²) in [5, 5.41) is 0. The van der Waals surface area contributed by atoms with Crippen LogP contribution in [0.25, 0.3) is 0 Å². The van der Waals surface area contributed by atoms with E-state index in [1.165, 1.54) is 21.3 Å². The van der Waals surface area contributed by atoms with E-state index in [-0.39, 0.29) is 24.9 Å². The Morgan fingerprint density at radius 3 is 2.11 bits per heavy atom. The van der Waals surface area contributed by atoms with Crippen molar-refractivity contribution in [2.75, 3.05) is 88.0 Å². The van der Waals surface area contributed by atoms with Gasteiger partial charge in [0.2, 0.25) is 11.7 Å². The highest BCUT2D eigenvalue weighted by Gasteiger charge is 2.26. The first-order valence-electron chi connectivity index (χ1n) is 15.3. The zero-order chi connectivity index (χ0) is 32.9. The number of nitrogens with zero attached hydrogens (tertiary/aromatic N) is 3. The summed E-state index contributed by atoms with van der Waals surface area (Å²) in [6.45, 7) is 4.76. The average molecular weight is 640 g/mol. The molecule has 0 spiro atoms. The van der Waals surface area contributed by atoms with Gasteiger partial charge in [0.05, 0.1) is 61.6 Å². The molecule has 2 amide bonds. The summed E-state index contributed by atoms with van der Waals surface area (Å²) in [6, 6.07) is 12.5. The zero-order valence-corrected chi connectivity index (χ0v) is 27.4. The molecule has 0 atom stereocenters. The van der Waals surface area contributed by atoms with Gasteiger partial charge in [0.25, 0.3) is 5.91 Å². The highest BCUT2D eigenvalue weighted by molar-refractivity contribution is 5.97. The van der Waals surface area contributed by atoms with Crippen molar-refractivity contribution in [3.05, 3.63) is 65.6 Å². The molecule has 0 aliphatic carbocycles. The number of benzene rings is 2. The Morgan fingerprint density at radius 2 is 1.50 bits per heavy atom. The van der Waals surface area contributed by atoms with Crippen molar-refractivity contribution in [2.24, 2.45) is 0 Å². The predicted molar refractivity (Wildman–Crippen MR) is 171 cm³/mol. The monoisotopic (exact) mass is 639 g/mol. The Bertz CT molecular complexity index is 1380. The zero-order valence-electron chi connectivity index (χ0n) is 27.4. The molecule has 1 fully saturated rings. The molecule has 1 aromatic heterocycles. The lowest BCUT2D eigenvalue weighted by Crippen LogP contribution is -2.44. The summed E-state index contributed by atoms with van der Waals surface area (Å²) >= 11 is 0. The summed E-state index contributed by atoms with van der Waals surface area (Å²) < 4.78 is 38.3. The minimum atomic E-state index is -0.313. The molecule has 12 heteroatoms. The van der Waals surface area contributed by atoms with Crippen LogP contribution < -0.4 is 23.7 Å². The molecule has 2 aromatic carbocycles. The molecular formula is C34H45N3O9. The Morgan fingerprint density at radius 1 is 0.804 bits per heavy atom. The van der Waals surface area contributed by atoms with Crippen LogP contribution >= 0.6 is 0 Å². The van der Waals surface area contributed by atoms with Crippen molar-refractivity contribution in [3.8, 4) is 28.7 Å². The summed E-state index contributed by atoms with van der Waals surface area (Å²) in [4.78, 5) is 33.7. The number of hydrogen-bond donors (Lipinski definition) is 0. The van der Waals surface area contributed by atoms with E-state index in [2.05, 4.69) is 4.90 Å². The molecule has 0 N–H and O–H groups in total. The summed E-state index contributed by atoms with van der Waals surface area (Å²) in [5.41, 5.74) is 1.31. The molecule has 1 saturated heterocycles. The standard InChI is InChI=1S/C34H45N3O9/c1-40-28-10-9-25(20-29(28)41-2)11-14-36(23-27-8-6-17-46-27)32(38)24-37(13-7-12-35-15-18-45-19-16-35)34(39)26-21-30(42-3)33(44-5)31(22-26)43-4/h6,8-10,17,20-22H,7,11-16,18-19,23-24H2,1-5H3. The molecule has 2 heterocycles. The molecule has 0 radical (unpaired) electrons. The molecule has 1 aliphatic rings. The largest absolute Gasteiger partial charge is 0.493 e. The molecule has 12 nitrogen and oxygen atoms in total. The van der Waals surface area contributed by atoms with Gasteiger partial charge in [-0.1, -0.05) is 6.07 Å². The van der Waals surface area contributed by atoms with Crippen molar-refractivity contribution in [2.45, 2.75) is 19.4 Å². The van der Waals surface area contributed by atoms with Crippen LogP contribution in [0.1, 0.15) is 28.1 Å². The van der Waals surface area contributed by atoms with Gasteiger partial charge in [0.1, 0.15) is 12.3 Å². The highest BCUT2D eigenvalue weighted by Crippen LogP contribution is 2.38. The van der Waals surface area contributed by atoms with E-state index >= 15 is 0 Å². The summed E-state index contributed by atoms with van der Waals surface area (Å²) in [5.74, 6) is 2.49. The van der Waals surface area contributed by atoms with Crippen LogP contribution in [0.4, 0.5) is 0 Å². The molecular weight excluding hydrogens is 594 g/mol. The maximum Gasteiger partial charge on any atom is 0.254 e. The first kappa shape index (κ1) is 34.5. The molecule has 4 rings (SSSR count). The molecule has 46 heavy (non-hydrogen) atoms.